The molecule has 0 spiro atoms. The Hall–Kier alpha value is -0.440. The smallest absolute Gasteiger partial charge is 0.167 e. The third-order valence-corrected chi connectivity index (χ3v) is 2.79. The van der Waals surface area contributed by atoms with Gasteiger partial charge in [0, 0.05) is 17.4 Å². The SMILES string of the molecule is CC(=O)C1=C(N)CC(C)S1. The normalized spacial score (nSPS) is 25.6. The van der Waals surface area contributed by atoms with Crippen LogP contribution in [0.25, 0.3) is 0 Å². The van der Waals surface area contributed by atoms with Crippen LogP contribution in [0.2, 0.25) is 0 Å². The Labute approximate surface area is 64.9 Å². The topological polar surface area (TPSA) is 43.1 Å². The van der Waals surface area contributed by atoms with Gasteiger partial charge in [0.2, 0.25) is 0 Å². The zero-order valence-corrected chi connectivity index (χ0v) is 6.99. The second-order valence-corrected chi connectivity index (χ2v) is 3.99. The van der Waals surface area contributed by atoms with Crippen LogP contribution in [0.15, 0.2) is 10.6 Å². The molecule has 2 nitrogen and oxygen atoms in total. The van der Waals surface area contributed by atoms with Crippen LogP contribution >= 0.6 is 11.8 Å². The number of allylic oxidation sites excluding steroid dienone is 2. The van der Waals surface area contributed by atoms with Gasteiger partial charge in [-0.3, -0.25) is 4.79 Å². The van der Waals surface area contributed by atoms with Crippen molar-refractivity contribution in [1.29, 1.82) is 0 Å². The second kappa shape index (κ2) is 2.66. The fourth-order valence-corrected chi connectivity index (χ4v) is 2.10. The maximum Gasteiger partial charge on any atom is 0.167 e. The summed E-state index contributed by atoms with van der Waals surface area (Å²) in [6.07, 6.45) is 0.861. The lowest BCUT2D eigenvalue weighted by molar-refractivity contribution is -0.113. The Bertz CT molecular complexity index is 198. The zero-order chi connectivity index (χ0) is 7.72. The van der Waals surface area contributed by atoms with Crippen LogP contribution in [0.5, 0.6) is 0 Å². The highest BCUT2D eigenvalue weighted by atomic mass is 32.2. The minimum absolute atomic E-state index is 0.104. The van der Waals surface area contributed by atoms with Gasteiger partial charge in [0.05, 0.1) is 4.91 Å². The number of nitrogens with two attached hydrogens (primary N) is 1. The summed E-state index contributed by atoms with van der Waals surface area (Å²) in [5, 5.41) is 0.485. The Morgan fingerprint density at radius 2 is 2.40 bits per heavy atom. The van der Waals surface area contributed by atoms with E-state index in [1.165, 1.54) is 0 Å². The summed E-state index contributed by atoms with van der Waals surface area (Å²) in [5.41, 5.74) is 6.38. The molecule has 1 unspecified atom stereocenters. The molecule has 0 fully saturated rings. The minimum Gasteiger partial charge on any atom is -0.401 e. The molecular weight excluding hydrogens is 146 g/mol. The second-order valence-electron chi connectivity index (χ2n) is 2.54. The van der Waals surface area contributed by atoms with Gasteiger partial charge in [-0.25, -0.2) is 0 Å². The van der Waals surface area contributed by atoms with Crippen molar-refractivity contribution in [3.63, 3.8) is 0 Å². The molecule has 10 heavy (non-hydrogen) atoms. The van der Waals surface area contributed by atoms with Crippen LogP contribution in [-0.4, -0.2) is 11.0 Å². The van der Waals surface area contributed by atoms with E-state index in [2.05, 4.69) is 6.92 Å². The van der Waals surface area contributed by atoms with Crippen molar-refractivity contribution >= 4 is 17.5 Å². The molecule has 56 valence electrons. The lowest BCUT2D eigenvalue weighted by atomic mass is 10.2. The third kappa shape index (κ3) is 1.34. The Morgan fingerprint density at radius 1 is 1.80 bits per heavy atom. The lowest BCUT2D eigenvalue weighted by Crippen LogP contribution is -2.01. The van der Waals surface area contributed by atoms with Gasteiger partial charge in [-0.1, -0.05) is 6.92 Å². The van der Waals surface area contributed by atoms with E-state index < -0.39 is 0 Å². The van der Waals surface area contributed by atoms with E-state index in [4.69, 9.17) is 5.73 Å². The van der Waals surface area contributed by atoms with Gasteiger partial charge in [-0.05, 0) is 6.92 Å². The Balaban J connectivity index is 2.76. The first-order chi connectivity index (χ1) is 4.61. The van der Waals surface area contributed by atoms with Gasteiger partial charge >= 0.3 is 0 Å². The van der Waals surface area contributed by atoms with E-state index in [1.807, 2.05) is 0 Å². The average molecular weight is 157 g/mol. The van der Waals surface area contributed by atoms with E-state index in [9.17, 15) is 4.79 Å². The van der Waals surface area contributed by atoms with Crippen LogP contribution in [-0.2, 0) is 4.79 Å². The van der Waals surface area contributed by atoms with E-state index in [0.29, 0.717) is 5.25 Å². The largest absolute Gasteiger partial charge is 0.401 e. The molecule has 0 aromatic rings. The molecule has 3 heteroatoms. The lowest BCUT2D eigenvalue weighted by Gasteiger charge is -1.96. The summed E-state index contributed by atoms with van der Waals surface area (Å²) in [6.45, 7) is 3.64. The molecule has 0 amide bonds. The molecule has 1 atom stereocenters. The zero-order valence-electron chi connectivity index (χ0n) is 6.18. The van der Waals surface area contributed by atoms with Crippen LogP contribution in [0.4, 0.5) is 0 Å². The summed E-state index contributed by atoms with van der Waals surface area (Å²) in [7, 11) is 0. The van der Waals surface area contributed by atoms with Crippen molar-refractivity contribution in [2.75, 3.05) is 0 Å². The van der Waals surface area contributed by atoms with Gasteiger partial charge in [0.1, 0.15) is 0 Å². The molecule has 1 heterocycles. The third-order valence-electron chi connectivity index (χ3n) is 1.44. The van der Waals surface area contributed by atoms with Gasteiger partial charge in [0.25, 0.3) is 0 Å². The number of carbonyl (C=O) groups is 1. The summed E-state index contributed by atoms with van der Waals surface area (Å²) >= 11 is 1.59. The molecule has 1 aliphatic rings. The van der Waals surface area contributed by atoms with Gasteiger partial charge in [0.15, 0.2) is 5.78 Å². The predicted molar refractivity (Wildman–Crippen MR) is 43.6 cm³/mol. The highest BCUT2D eigenvalue weighted by Gasteiger charge is 2.21. The van der Waals surface area contributed by atoms with E-state index in [-0.39, 0.29) is 5.78 Å². The molecule has 0 saturated carbocycles. The number of rotatable bonds is 1. The molecule has 0 radical (unpaired) electrons. The highest BCUT2D eigenvalue weighted by molar-refractivity contribution is 8.04. The standard InChI is InChI=1S/C7H11NOS/c1-4-3-6(8)7(10-4)5(2)9/h4H,3,8H2,1-2H3. The predicted octanol–water partition coefficient (Wildman–Crippen LogP) is 1.27. The number of hydrogen-bond acceptors (Lipinski definition) is 3. The first-order valence-corrected chi connectivity index (χ1v) is 4.15. The molecular formula is C7H11NOS. The fraction of sp³-hybridized carbons (Fsp3) is 0.571. The summed E-state index contributed by atoms with van der Waals surface area (Å²) in [6, 6.07) is 0. The first-order valence-electron chi connectivity index (χ1n) is 3.27. The summed E-state index contributed by atoms with van der Waals surface area (Å²) in [5.74, 6) is 0.104. The van der Waals surface area contributed by atoms with Gasteiger partial charge < -0.3 is 5.73 Å². The van der Waals surface area contributed by atoms with Crippen LogP contribution < -0.4 is 5.73 Å². The quantitative estimate of drug-likeness (QED) is 0.623. The number of hydrogen-bond donors (Lipinski definition) is 1. The van der Waals surface area contributed by atoms with Crippen molar-refractivity contribution in [3.8, 4) is 0 Å². The maximum atomic E-state index is 10.8. The molecule has 0 bridgehead atoms. The molecule has 1 rings (SSSR count). The van der Waals surface area contributed by atoms with Gasteiger partial charge in [-0.15, -0.1) is 11.8 Å². The molecule has 0 saturated heterocycles. The van der Waals surface area contributed by atoms with Crippen molar-refractivity contribution in [1.82, 2.24) is 0 Å². The molecule has 2 N–H and O–H groups in total. The molecule has 0 aromatic carbocycles. The highest BCUT2D eigenvalue weighted by Crippen LogP contribution is 2.35. The number of Topliss-reactive ketones (excluding diaryl/α,β-unsaturated/α-hetero) is 1. The maximum absolute atomic E-state index is 10.8. The van der Waals surface area contributed by atoms with Crippen LogP contribution in [0, 0.1) is 0 Å². The molecule has 1 aliphatic heterocycles. The van der Waals surface area contributed by atoms with Crippen molar-refractivity contribution in [2.24, 2.45) is 5.73 Å². The van der Waals surface area contributed by atoms with Gasteiger partial charge in [-0.2, -0.15) is 0 Å². The van der Waals surface area contributed by atoms with Crippen molar-refractivity contribution in [2.45, 2.75) is 25.5 Å². The van der Waals surface area contributed by atoms with E-state index in [1.54, 1.807) is 18.7 Å². The van der Waals surface area contributed by atoms with Crippen LogP contribution in [0.1, 0.15) is 20.3 Å². The number of ketones is 1. The van der Waals surface area contributed by atoms with E-state index in [0.717, 1.165) is 17.0 Å². The average Bonchev–Trinajstić information content (AvgIpc) is 2.10. The van der Waals surface area contributed by atoms with Crippen molar-refractivity contribution in [3.05, 3.63) is 10.6 Å². The fourth-order valence-electron chi connectivity index (χ4n) is 1.03. The summed E-state index contributed by atoms with van der Waals surface area (Å²) < 4.78 is 0. The van der Waals surface area contributed by atoms with Crippen LogP contribution in [0.3, 0.4) is 0 Å². The first kappa shape index (κ1) is 7.66. The Kier molecular flexibility index (Phi) is 2.04. The minimum atomic E-state index is 0.104. The number of carbonyl (C=O) groups excluding carboxylic acids is 1. The monoisotopic (exact) mass is 157 g/mol. The summed E-state index contributed by atoms with van der Waals surface area (Å²) in [4.78, 5) is 11.6. The van der Waals surface area contributed by atoms with E-state index >= 15 is 0 Å². The number of thioether (sulfide) groups is 1. The van der Waals surface area contributed by atoms with Crippen molar-refractivity contribution < 1.29 is 4.79 Å². The Morgan fingerprint density at radius 3 is 2.60 bits per heavy atom. The molecule has 0 aliphatic carbocycles. The molecule has 0 aromatic heterocycles.